The van der Waals surface area contributed by atoms with Crippen LogP contribution in [0.3, 0.4) is 0 Å². The second kappa shape index (κ2) is 10.7. The van der Waals surface area contributed by atoms with Crippen molar-refractivity contribution in [1.82, 2.24) is 0 Å². The molecular formula is C22H34O11S. The van der Waals surface area contributed by atoms with E-state index in [1.54, 1.807) is 13.8 Å². The third-order valence-corrected chi connectivity index (χ3v) is 7.29. The minimum atomic E-state index is -2.72. The molecule has 0 amide bonds. The Morgan fingerprint density at radius 3 is 1.97 bits per heavy atom. The summed E-state index contributed by atoms with van der Waals surface area (Å²) in [5.41, 5.74) is -2.66. The molecule has 1 N–H and O–H groups in total. The Balaban J connectivity index is 2.33. The Morgan fingerprint density at radius 2 is 1.53 bits per heavy atom. The largest absolute Gasteiger partial charge is 0.465 e. The summed E-state index contributed by atoms with van der Waals surface area (Å²) in [6.45, 7) is 8.78. The van der Waals surface area contributed by atoms with Gasteiger partial charge < -0.3 is 18.9 Å². The number of hydrogen-bond donors (Lipinski definition) is 1. The van der Waals surface area contributed by atoms with Gasteiger partial charge in [0.1, 0.15) is 18.8 Å². The second-order valence-electron chi connectivity index (χ2n) is 9.84. The van der Waals surface area contributed by atoms with Gasteiger partial charge in [0.15, 0.2) is 6.10 Å². The van der Waals surface area contributed by atoms with Crippen molar-refractivity contribution in [1.29, 1.82) is 0 Å². The first-order chi connectivity index (χ1) is 15.7. The predicted octanol–water partition coefficient (Wildman–Crippen LogP) is 2.08. The highest BCUT2D eigenvalue weighted by atomic mass is 32.2. The summed E-state index contributed by atoms with van der Waals surface area (Å²) in [6.07, 6.45) is -1.88. The molecule has 2 aliphatic carbocycles. The number of hydrogen-bond acceptors (Lipinski definition) is 10. The van der Waals surface area contributed by atoms with Gasteiger partial charge in [-0.2, -0.15) is 4.21 Å². The second-order valence-corrected chi connectivity index (χ2v) is 10.5. The van der Waals surface area contributed by atoms with Gasteiger partial charge in [0.05, 0.1) is 12.0 Å². The van der Waals surface area contributed by atoms with Crippen molar-refractivity contribution in [2.24, 2.45) is 16.2 Å². The molecule has 0 aliphatic heterocycles. The molecule has 0 aromatic rings. The van der Waals surface area contributed by atoms with E-state index in [-0.39, 0.29) is 19.6 Å². The van der Waals surface area contributed by atoms with E-state index >= 15 is 0 Å². The fraction of sp³-hybridized carbons (Fsp3) is 0.818. The Kier molecular flexibility index (Phi) is 8.87. The molecule has 34 heavy (non-hydrogen) atoms. The quantitative estimate of drug-likeness (QED) is 0.249. The highest BCUT2D eigenvalue weighted by molar-refractivity contribution is 7.74. The average Bonchev–Trinajstić information content (AvgIpc) is 3.23. The Labute approximate surface area is 201 Å². The van der Waals surface area contributed by atoms with Crippen LogP contribution in [0.1, 0.15) is 67.2 Å². The van der Waals surface area contributed by atoms with E-state index in [1.807, 2.05) is 6.92 Å². The minimum absolute atomic E-state index is 0.128. The van der Waals surface area contributed by atoms with Crippen LogP contribution >= 0.6 is 0 Å². The minimum Gasteiger partial charge on any atom is -0.465 e. The van der Waals surface area contributed by atoms with Crippen LogP contribution in [0.5, 0.6) is 0 Å². The standard InChI is InChI=1S/C22H34O11S/c1-7-20(5,6)19(26)31-13(2)18(25)32-16-17(33-34(27)28)22(12-30-15(4)24)9-8-21(16,10-22)11-29-14(3)23/h13,16-17H,7-12H2,1-6H3,(H,27,28). The summed E-state index contributed by atoms with van der Waals surface area (Å²) in [5.74, 6) is -2.54. The van der Waals surface area contributed by atoms with Crippen LogP contribution in [0.2, 0.25) is 0 Å². The molecule has 2 fully saturated rings. The van der Waals surface area contributed by atoms with E-state index in [4.69, 9.17) is 23.1 Å². The van der Waals surface area contributed by atoms with Gasteiger partial charge >= 0.3 is 35.2 Å². The van der Waals surface area contributed by atoms with Crippen molar-refractivity contribution in [2.75, 3.05) is 13.2 Å². The van der Waals surface area contributed by atoms with Gasteiger partial charge in [0, 0.05) is 24.7 Å². The molecule has 6 unspecified atom stereocenters. The lowest BCUT2D eigenvalue weighted by molar-refractivity contribution is -0.188. The summed E-state index contributed by atoms with van der Waals surface area (Å²) < 4.78 is 47.8. The summed E-state index contributed by atoms with van der Waals surface area (Å²) in [7, 11) is 0. The summed E-state index contributed by atoms with van der Waals surface area (Å²) in [6, 6.07) is 0. The van der Waals surface area contributed by atoms with Crippen molar-refractivity contribution in [2.45, 2.75) is 85.5 Å². The zero-order chi connectivity index (χ0) is 25.9. The van der Waals surface area contributed by atoms with E-state index in [2.05, 4.69) is 0 Å². The van der Waals surface area contributed by atoms with Crippen molar-refractivity contribution >= 4 is 35.2 Å². The summed E-state index contributed by atoms with van der Waals surface area (Å²) >= 11 is -2.72. The highest BCUT2D eigenvalue weighted by Crippen LogP contribution is 2.63. The van der Waals surface area contributed by atoms with Gasteiger partial charge in [-0.05, 0) is 46.5 Å². The Morgan fingerprint density at radius 1 is 1.03 bits per heavy atom. The maximum atomic E-state index is 12.9. The molecule has 12 heteroatoms. The lowest BCUT2D eigenvalue weighted by Crippen LogP contribution is -2.51. The number of carbonyl (C=O) groups excluding carboxylic acids is 4. The monoisotopic (exact) mass is 506 g/mol. The summed E-state index contributed by atoms with van der Waals surface area (Å²) in [4.78, 5) is 48.3. The van der Waals surface area contributed by atoms with Gasteiger partial charge in [0.25, 0.3) is 0 Å². The molecule has 2 aliphatic rings. The van der Waals surface area contributed by atoms with Gasteiger partial charge in [-0.3, -0.25) is 23.1 Å². The molecule has 0 heterocycles. The molecule has 0 aromatic heterocycles. The number of ether oxygens (including phenoxy) is 4. The molecule has 0 saturated heterocycles. The van der Waals surface area contributed by atoms with Crippen molar-refractivity contribution in [3.05, 3.63) is 0 Å². The van der Waals surface area contributed by atoms with Crippen LogP contribution < -0.4 is 0 Å². The fourth-order valence-corrected chi connectivity index (χ4v) is 5.05. The van der Waals surface area contributed by atoms with Crippen LogP contribution in [-0.2, 0) is 53.7 Å². The van der Waals surface area contributed by atoms with Gasteiger partial charge in [-0.25, -0.2) is 4.79 Å². The molecule has 2 rings (SSSR count). The SMILES string of the molecule is CCC(C)(C)C(=O)OC(C)C(=O)OC1C(OS(=O)O)C2(COC(C)=O)CCC1(COC(C)=O)C2. The lowest BCUT2D eigenvalue weighted by atomic mass is 9.78. The molecule has 2 saturated carbocycles. The smallest absolute Gasteiger partial charge is 0.347 e. The van der Waals surface area contributed by atoms with Crippen molar-refractivity contribution in [3.63, 3.8) is 0 Å². The maximum absolute atomic E-state index is 12.9. The van der Waals surface area contributed by atoms with Gasteiger partial charge in [0.2, 0.25) is 0 Å². The molecule has 6 atom stereocenters. The first-order valence-corrected chi connectivity index (χ1v) is 12.2. The van der Waals surface area contributed by atoms with Crippen LogP contribution in [0.15, 0.2) is 0 Å². The molecule has 194 valence electrons. The first-order valence-electron chi connectivity index (χ1n) is 11.1. The van der Waals surface area contributed by atoms with E-state index < -0.39 is 69.8 Å². The van der Waals surface area contributed by atoms with Crippen molar-refractivity contribution < 1.29 is 51.1 Å². The molecule has 0 radical (unpaired) electrons. The highest BCUT2D eigenvalue weighted by Gasteiger charge is 2.70. The van der Waals surface area contributed by atoms with Crippen LogP contribution in [0.4, 0.5) is 0 Å². The molecule has 2 bridgehead atoms. The first kappa shape index (κ1) is 28.2. The van der Waals surface area contributed by atoms with Gasteiger partial charge in [-0.15, -0.1) is 0 Å². The normalized spacial score (nSPS) is 29.7. The fourth-order valence-electron chi connectivity index (χ4n) is 4.57. The predicted molar refractivity (Wildman–Crippen MR) is 117 cm³/mol. The number of esters is 4. The van der Waals surface area contributed by atoms with Gasteiger partial charge in [-0.1, -0.05) is 6.92 Å². The lowest BCUT2D eigenvalue weighted by Gasteiger charge is -2.40. The third kappa shape index (κ3) is 6.14. The van der Waals surface area contributed by atoms with E-state index in [9.17, 15) is 27.9 Å². The van der Waals surface area contributed by atoms with Crippen LogP contribution in [-0.4, -0.2) is 64.2 Å². The van der Waals surface area contributed by atoms with Crippen LogP contribution in [0, 0.1) is 16.2 Å². The van der Waals surface area contributed by atoms with Crippen molar-refractivity contribution in [3.8, 4) is 0 Å². The zero-order valence-electron chi connectivity index (χ0n) is 20.4. The molecule has 0 aromatic carbocycles. The average molecular weight is 507 g/mol. The van der Waals surface area contributed by atoms with E-state index in [0.29, 0.717) is 19.3 Å². The third-order valence-electron chi connectivity index (χ3n) is 6.91. The van der Waals surface area contributed by atoms with Crippen LogP contribution in [0.25, 0.3) is 0 Å². The van der Waals surface area contributed by atoms with E-state index in [0.717, 1.165) is 0 Å². The zero-order valence-corrected chi connectivity index (χ0v) is 21.2. The maximum Gasteiger partial charge on any atom is 0.347 e. The molecular weight excluding hydrogens is 472 g/mol. The van der Waals surface area contributed by atoms with E-state index in [1.165, 1.54) is 20.8 Å². The Bertz CT molecular complexity index is 841. The molecule has 11 nitrogen and oxygen atoms in total. The number of carbonyl (C=O) groups is 4. The number of fused-ring (bicyclic) bond motifs is 2. The topological polar surface area (TPSA) is 152 Å². The summed E-state index contributed by atoms with van der Waals surface area (Å²) in [5, 5.41) is 0. The molecule has 0 spiro atoms. The number of rotatable bonds is 11. The Hall–Kier alpha value is -2.05.